The van der Waals surface area contributed by atoms with Crippen molar-refractivity contribution in [1.82, 2.24) is 0 Å². The number of aldehydes is 1. The summed E-state index contributed by atoms with van der Waals surface area (Å²) in [4.78, 5) is 68.1. The van der Waals surface area contributed by atoms with Crippen molar-refractivity contribution in [3.8, 4) is 0 Å². The van der Waals surface area contributed by atoms with Crippen LogP contribution in [0.3, 0.4) is 0 Å². The number of aliphatic hydroxyl groups is 12. The zero-order chi connectivity index (χ0) is 74.2. The summed E-state index contributed by atoms with van der Waals surface area (Å²) < 4.78 is 79.1. The number of benzene rings is 1. The molecule has 572 valence electrons. The molecule has 0 bridgehead atoms. The first-order valence-corrected chi connectivity index (χ1v) is 35.5. The predicted molar refractivity (Wildman–Crippen MR) is 347 cm³/mol. The highest BCUT2D eigenvalue weighted by atomic mass is 16.8. The lowest BCUT2D eigenvalue weighted by atomic mass is 9.33. The summed E-state index contributed by atoms with van der Waals surface area (Å²) in [5.41, 5.74) is -2.07. The van der Waals surface area contributed by atoms with Gasteiger partial charge in [-0.15, -0.1) is 0 Å². The maximum absolute atomic E-state index is 15.5. The van der Waals surface area contributed by atoms with E-state index in [2.05, 4.69) is 32.9 Å². The Bertz CT molecular complexity index is 3170. The number of ether oxygens (including phenoxy) is 13. The summed E-state index contributed by atoms with van der Waals surface area (Å²) in [6, 6.07) is 7.33. The van der Waals surface area contributed by atoms with Crippen LogP contribution in [-0.4, -0.2) is 271 Å². The van der Waals surface area contributed by atoms with Crippen LogP contribution in [0.5, 0.6) is 0 Å². The van der Waals surface area contributed by atoms with Crippen molar-refractivity contribution in [3.05, 3.63) is 53.6 Å². The van der Waals surface area contributed by atoms with Crippen molar-refractivity contribution in [1.29, 1.82) is 0 Å². The molecule has 5 aliphatic carbocycles. The van der Waals surface area contributed by atoms with E-state index in [0.717, 1.165) is 18.8 Å². The van der Waals surface area contributed by atoms with E-state index < -0.39 is 242 Å². The van der Waals surface area contributed by atoms with Crippen molar-refractivity contribution in [2.24, 2.45) is 62.6 Å². The molecule has 11 rings (SSSR count). The molecule has 102 heavy (non-hydrogen) atoms. The number of rotatable bonds is 19. The van der Waals surface area contributed by atoms with Gasteiger partial charge in [-0.2, -0.15) is 0 Å². The molecule has 12 N–H and O–H groups in total. The maximum atomic E-state index is 15.5. The molecule has 0 radical (unpaired) electrons. The molecule has 0 aromatic heterocycles. The third-order valence-electron chi connectivity index (χ3n) is 24.9. The van der Waals surface area contributed by atoms with Crippen molar-refractivity contribution in [3.63, 3.8) is 0 Å². The van der Waals surface area contributed by atoms with Gasteiger partial charge in [0.05, 0.1) is 49.0 Å². The maximum Gasteiger partial charge on any atom is 0.331 e. The van der Waals surface area contributed by atoms with Gasteiger partial charge >= 0.3 is 17.9 Å². The molecule has 26 unspecified atom stereocenters. The van der Waals surface area contributed by atoms with Gasteiger partial charge in [-0.05, 0) is 123 Å². The fourth-order valence-corrected chi connectivity index (χ4v) is 19.4. The molecule has 1 aromatic rings. The molecule has 0 amide bonds. The number of carbonyl (C=O) groups is 5. The molecule has 30 heteroatoms. The predicted octanol–water partition coefficient (Wildman–Crippen LogP) is -0.331. The second kappa shape index (κ2) is 30.6. The molecule has 5 saturated heterocycles. The van der Waals surface area contributed by atoms with Crippen LogP contribution in [0, 0.1) is 69.5 Å². The van der Waals surface area contributed by atoms with Crippen LogP contribution in [0.15, 0.2) is 42.5 Å². The van der Waals surface area contributed by atoms with E-state index in [1.165, 1.54) is 26.0 Å². The van der Waals surface area contributed by atoms with Crippen molar-refractivity contribution >= 4 is 36.7 Å². The second-order valence-electron chi connectivity index (χ2n) is 31.9. The summed E-state index contributed by atoms with van der Waals surface area (Å²) in [5.74, 6) is -5.35. The van der Waals surface area contributed by atoms with Crippen LogP contribution in [-0.2, 0) is 85.6 Å². The van der Waals surface area contributed by atoms with Crippen LogP contribution in [0.1, 0.15) is 118 Å². The van der Waals surface area contributed by atoms with Crippen LogP contribution in [0.25, 0.3) is 6.08 Å². The van der Waals surface area contributed by atoms with E-state index in [1.54, 1.807) is 19.1 Å². The molecular weight excluding hydrogens is 1340 g/mol. The van der Waals surface area contributed by atoms with Gasteiger partial charge in [-0.25, -0.2) is 4.79 Å². The summed E-state index contributed by atoms with van der Waals surface area (Å²) >= 11 is 0. The molecule has 1 aromatic carbocycles. The van der Waals surface area contributed by atoms with Crippen molar-refractivity contribution < 1.29 is 147 Å². The van der Waals surface area contributed by atoms with E-state index in [0.29, 0.717) is 31.2 Å². The van der Waals surface area contributed by atoms with Gasteiger partial charge in [-0.1, -0.05) is 83.5 Å². The summed E-state index contributed by atoms with van der Waals surface area (Å²) in [7, 11) is 0. The van der Waals surface area contributed by atoms with E-state index in [4.69, 9.17) is 61.6 Å². The topological polar surface area (TPSA) is 448 Å². The number of aliphatic hydroxyl groups excluding tert-OH is 12. The highest BCUT2D eigenvalue weighted by molar-refractivity contribution is 5.87. The van der Waals surface area contributed by atoms with Gasteiger partial charge in [0.25, 0.3) is 6.47 Å². The average molecular weight is 1450 g/mol. The summed E-state index contributed by atoms with van der Waals surface area (Å²) in [6.45, 7) is 16.5. The van der Waals surface area contributed by atoms with Gasteiger partial charge in [0, 0.05) is 18.9 Å². The number of hydrogen-bond acceptors (Lipinski definition) is 30. The summed E-state index contributed by atoms with van der Waals surface area (Å²) in [5, 5.41) is 133. The van der Waals surface area contributed by atoms with Gasteiger partial charge in [0.2, 0.25) is 6.29 Å². The van der Waals surface area contributed by atoms with Crippen LogP contribution in [0.4, 0.5) is 0 Å². The minimum absolute atomic E-state index is 0.104. The number of fused-ring (bicyclic) bond motifs is 7. The number of hydrogen-bond donors (Lipinski definition) is 12. The molecular formula is C72H104O30. The second-order valence-corrected chi connectivity index (χ2v) is 31.9. The Labute approximate surface area is 591 Å². The number of aryl methyl sites for hydroxylation is 1. The number of esters is 3. The molecule has 30 nitrogen and oxygen atoms in total. The Balaban J connectivity index is 0.864. The molecule has 5 heterocycles. The van der Waals surface area contributed by atoms with Gasteiger partial charge in [-0.3, -0.25) is 14.4 Å². The average Bonchev–Trinajstić information content (AvgIpc) is 0.676. The SMILES string of the molecule is CC(=O)OC1C(OC(=O)/C=C\c2ccc(C)cc2)C(C)OC(OC(=O)[C@@H]2CC(C)(C)C[C@@H]3C2[C@H](O)C[C@]2(C)C3C=C[C@@H]3[C@@]4(C)CC[C@H](OC5OC(COC=O)C(O)C(OC6OCC(O)C(O)C6O)C5OC5OC(CO)C(O)C(O)C5O)[C@@](C)(C=O)[C@@H]4CC[C@]32C)C1OC1OC(C)C(O)C(O)C1O. The number of allylic oxidation sites excluding steroid dienone is 2. The Morgan fingerprint density at radius 3 is 1.87 bits per heavy atom. The van der Waals surface area contributed by atoms with Gasteiger partial charge in [0.15, 0.2) is 43.5 Å². The third-order valence-corrected chi connectivity index (χ3v) is 24.9. The minimum Gasteiger partial charge on any atom is -0.465 e. The quantitative estimate of drug-likeness (QED) is 0.0211. The Morgan fingerprint density at radius 2 is 1.22 bits per heavy atom. The normalized spacial score (nSPS) is 49.2. The molecule has 9 fully saturated rings. The highest BCUT2D eigenvalue weighted by Crippen LogP contribution is 2.75. The van der Waals surface area contributed by atoms with E-state index >= 15 is 4.79 Å². The largest absolute Gasteiger partial charge is 0.465 e. The zero-order valence-electron chi connectivity index (χ0n) is 59.0. The first-order chi connectivity index (χ1) is 48.0. The lowest BCUT2D eigenvalue weighted by Gasteiger charge is -2.71. The summed E-state index contributed by atoms with van der Waals surface area (Å²) in [6.07, 6.45) is -32.0. The molecule has 4 saturated carbocycles. The molecule has 36 atom stereocenters. The van der Waals surface area contributed by atoms with Crippen LogP contribution < -0.4 is 0 Å². The smallest absolute Gasteiger partial charge is 0.331 e. The van der Waals surface area contributed by atoms with Gasteiger partial charge < -0.3 is 128 Å². The lowest BCUT2D eigenvalue weighted by Crippen LogP contribution is -2.69. The third kappa shape index (κ3) is 14.6. The minimum atomic E-state index is -2.01. The molecule has 10 aliphatic rings. The first-order valence-electron chi connectivity index (χ1n) is 35.5. The molecule has 5 aliphatic heterocycles. The standard InChI is InChI=1S/C72H104O30/c1-31-11-13-35(14-12-31)15-18-46(79)98-57-33(3)93-66(61(59(57)94-34(4)76)101-64-55(87)52(84)48(80)32(2)92-64)102-62(89)37-24-68(5,6)23-36-38-16-17-44-69(7)21-20-45(70(8,29-74)43(69)19-22-71(44,9)72(38,10)25-39(77)47(36)37)97-67-60(100-65-56(88)53(85)50(82)41(26-73)95-65)58(51(83)42(96-67)28-90-30-75)99-63-54(86)49(81)40(78)27-91-63/h11-18,29-30,32-33,36-45,47-61,63-67,73,77-78,80-88H,19-28H2,1-10H3/b18-15-/t32?,33?,36-,37+,38?,39+,40?,41?,42?,43+,44+,45-,47?,48?,49?,50?,51?,52?,53?,54?,55?,56?,57?,58?,59?,60?,61?,63?,64?,65?,66?,67?,69-,70-,71+,72+/m0/s1. The van der Waals surface area contributed by atoms with E-state index in [1.807, 2.05) is 32.9 Å². The monoisotopic (exact) mass is 1450 g/mol. The first kappa shape index (κ1) is 78.5. The molecule has 0 spiro atoms. The van der Waals surface area contributed by atoms with Crippen LogP contribution in [0.2, 0.25) is 0 Å². The van der Waals surface area contributed by atoms with Crippen molar-refractivity contribution in [2.75, 3.05) is 19.8 Å². The van der Waals surface area contributed by atoms with E-state index in [-0.39, 0.29) is 43.5 Å². The van der Waals surface area contributed by atoms with E-state index in [9.17, 15) is 80.5 Å². The van der Waals surface area contributed by atoms with Crippen molar-refractivity contribution in [2.45, 2.75) is 274 Å². The number of carbonyl (C=O) groups excluding carboxylic acids is 5. The zero-order valence-corrected chi connectivity index (χ0v) is 59.0. The fraction of sp³-hybridized carbons (Fsp3) is 0.792. The lowest BCUT2D eigenvalue weighted by molar-refractivity contribution is -0.395. The van der Waals surface area contributed by atoms with Crippen LogP contribution >= 0.6 is 0 Å². The van der Waals surface area contributed by atoms with Gasteiger partial charge in [0.1, 0.15) is 98.3 Å². The Hall–Kier alpha value is -4.59. The Morgan fingerprint density at radius 1 is 0.588 bits per heavy atom. The highest BCUT2D eigenvalue weighted by Gasteiger charge is 2.71. The fourth-order valence-electron chi connectivity index (χ4n) is 19.4. The Kier molecular flexibility index (Phi) is 23.5.